The second kappa shape index (κ2) is 9.61. The summed E-state index contributed by atoms with van der Waals surface area (Å²) in [5, 5.41) is 5.84. The first-order valence-electron chi connectivity index (χ1n) is 8.78. The molecule has 0 aliphatic rings. The Kier molecular flexibility index (Phi) is 6.71. The van der Waals surface area contributed by atoms with Gasteiger partial charge in [-0.25, -0.2) is 0 Å². The minimum atomic E-state index is -0.359. The van der Waals surface area contributed by atoms with Crippen LogP contribution in [0.25, 0.3) is 0 Å². The number of methoxy groups -OCH3 is 1. The molecule has 3 aromatic rings. The van der Waals surface area contributed by atoms with Gasteiger partial charge in [0.15, 0.2) is 6.61 Å². The smallest absolute Gasteiger partial charge is 0.262 e. The summed E-state index contributed by atoms with van der Waals surface area (Å²) in [5.74, 6) is 0.329. The van der Waals surface area contributed by atoms with Crippen LogP contribution in [0.3, 0.4) is 0 Å². The summed E-state index contributed by atoms with van der Waals surface area (Å²) in [4.78, 5) is 24.6. The summed E-state index contributed by atoms with van der Waals surface area (Å²) in [6, 6.07) is 20.7. The minimum absolute atomic E-state index is 0.128. The maximum absolute atomic E-state index is 12.4. The third-order valence-corrected chi connectivity index (χ3v) is 4.29. The molecule has 2 amide bonds. The monoisotopic (exact) mass is 410 g/mol. The van der Waals surface area contributed by atoms with Crippen LogP contribution < -0.4 is 20.1 Å². The van der Waals surface area contributed by atoms with Gasteiger partial charge in [-0.05, 0) is 36.4 Å². The van der Waals surface area contributed by atoms with Gasteiger partial charge in [0.25, 0.3) is 11.8 Å². The Morgan fingerprint density at radius 2 is 1.66 bits per heavy atom. The predicted molar refractivity (Wildman–Crippen MR) is 113 cm³/mol. The molecule has 0 unspecified atom stereocenters. The summed E-state index contributed by atoms with van der Waals surface area (Å²) in [5.41, 5.74) is 1.32. The molecule has 0 saturated heterocycles. The van der Waals surface area contributed by atoms with Gasteiger partial charge < -0.3 is 20.1 Å². The third-order valence-electron chi connectivity index (χ3n) is 3.97. The van der Waals surface area contributed by atoms with E-state index >= 15 is 0 Å². The quantitative estimate of drug-likeness (QED) is 0.596. The number of nitrogens with one attached hydrogen (secondary N) is 2. The van der Waals surface area contributed by atoms with Crippen molar-refractivity contribution in [3.05, 3.63) is 83.4 Å². The predicted octanol–water partition coefficient (Wildman–Crippen LogP) is 4.62. The molecule has 0 radical (unpaired) electrons. The van der Waals surface area contributed by atoms with E-state index in [1.54, 1.807) is 54.6 Å². The highest BCUT2D eigenvalue weighted by atomic mass is 35.5. The van der Waals surface area contributed by atoms with Gasteiger partial charge >= 0.3 is 0 Å². The zero-order valence-electron chi connectivity index (χ0n) is 15.6. The number of amides is 2. The maximum Gasteiger partial charge on any atom is 0.262 e. The number of rotatable bonds is 7. The van der Waals surface area contributed by atoms with Crippen molar-refractivity contribution in [2.75, 3.05) is 24.4 Å². The molecule has 0 saturated carbocycles. The summed E-state index contributed by atoms with van der Waals surface area (Å²) < 4.78 is 10.8. The Hall–Kier alpha value is -3.51. The molecule has 0 spiro atoms. The van der Waals surface area contributed by atoms with E-state index in [0.717, 1.165) is 0 Å². The first-order chi connectivity index (χ1) is 14.1. The molecule has 0 fully saturated rings. The van der Waals surface area contributed by atoms with Crippen LogP contribution >= 0.6 is 11.6 Å². The second-order valence-corrected chi connectivity index (χ2v) is 6.41. The van der Waals surface area contributed by atoms with Crippen molar-refractivity contribution in [1.29, 1.82) is 0 Å². The van der Waals surface area contributed by atoms with Crippen molar-refractivity contribution in [3.63, 3.8) is 0 Å². The zero-order chi connectivity index (χ0) is 20.6. The van der Waals surface area contributed by atoms with E-state index in [2.05, 4.69) is 10.6 Å². The Bertz CT molecular complexity index is 1010. The number of hydrogen-bond acceptors (Lipinski definition) is 4. The van der Waals surface area contributed by atoms with Gasteiger partial charge in [0.1, 0.15) is 11.5 Å². The lowest BCUT2D eigenvalue weighted by molar-refractivity contribution is -0.118. The lowest BCUT2D eigenvalue weighted by Gasteiger charge is -2.13. The van der Waals surface area contributed by atoms with Crippen LogP contribution in [0.2, 0.25) is 5.02 Å². The Morgan fingerprint density at radius 1 is 0.931 bits per heavy atom. The van der Waals surface area contributed by atoms with Gasteiger partial charge in [0, 0.05) is 11.8 Å². The molecule has 6 nitrogen and oxygen atoms in total. The van der Waals surface area contributed by atoms with Crippen LogP contribution in [0.15, 0.2) is 72.8 Å². The number of hydrogen-bond donors (Lipinski definition) is 2. The van der Waals surface area contributed by atoms with Gasteiger partial charge in [-0.15, -0.1) is 0 Å². The van der Waals surface area contributed by atoms with Crippen LogP contribution in [-0.2, 0) is 4.79 Å². The SMILES string of the molecule is COc1cc(NC(=O)COc2ccccc2)ccc1NC(=O)c1ccccc1Cl. The van der Waals surface area contributed by atoms with Gasteiger partial charge in [0.2, 0.25) is 0 Å². The Balaban J connectivity index is 1.64. The highest BCUT2D eigenvalue weighted by molar-refractivity contribution is 6.34. The van der Waals surface area contributed by atoms with Crippen LogP contribution in [0.5, 0.6) is 11.5 Å². The van der Waals surface area contributed by atoms with E-state index < -0.39 is 0 Å². The van der Waals surface area contributed by atoms with E-state index in [1.807, 2.05) is 18.2 Å². The molecule has 0 aromatic heterocycles. The molecular formula is C22H19ClN2O4. The fourth-order valence-electron chi connectivity index (χ4n) is 2.57. The standard InChI is InChI=1S/C22H19ClN2O4/c1-28-20-13-15(24-21(26)14-29-16-7-3-2-4-8-16)11-12-19(20)25-22(27)17-9-5-6-10-18(17)23/h2-13H,14H2,1H3,(H,24,26)(H,25,27). The van der Waals surface area contributed by atoms with Crippen molar-refractivity contribution in [3.8, 4) is 11.5 Å². The summed E-state index contributed by atoms with van der Waals surface area (Å²) in [7, 11) is 1.48. The number of halogens is 1. The first kappa shape index (κ1) is 20.2. The number of para-hydroxylation sites is 1. The highest BCUT2D eigenvalue weighted by Crippen LogP contribution is 2.29. The number of carbonyl (C=O) groups excluding carboxylic acids is 2. The van der Waals surface area contributed by atoms with E-state index in [0.29, 0.717) is 33.5 Å². The topological polar surface area (TPSA) is 76.7 Å². The van der Waals surface area contributed by atoms with Crippen molar-refractivity contribution in [1.82, 2.24) is 0 Å². The van der Waals surface area contributed by atoms with E-state index in [4.69, 9.17) is 21.1 Å². The molecule has 3 rings (SSSR count). The number of anilines is 2. The molecule has 0 aliphatic carbocycles. The van der Waals surface area contributed by atoms with Crippen molar-refractivity contribution >= 4 is 34.8 Å². The zero-order valence-corrected chi connectivity index (χ0v) is 16.4. The van der Waals surface area contributed by atoms with Crippen molar-refractivity contribution < 1.29 is 19.1 Å². The van der Waals surface area contributed by atoms with Crippen molar-refractivity contribution in [2.24, 2.45) is 0 Å². The number of ether oxygens (including phenoxy) is 2. The fourth-order valence-corrected chi connectivity index (χ4v) is 2.79. The van der Waals surface area contributed by atoms with E-state index in [1.165, 1.54) is 7.11 Å². The average molecular weight is 411 g/mol. The first-order valence-corrected chi connectivity index (χ1v) is 9.16. The minimum Gasteiger partial charge on any atom is -0.494 e. The summed E-state index contributed by atoms with van der Waals surface area (Å²) in [6.07, 6.45) is 0. The molecule has 0 atom stereocenters. The van der Waals surface area contributed by atoms with Gasteiger partial charge in [-0.3, -0.25) is 9.59 Å². The molecule has 7 heteroatoms. The molecule has 0 heterocycles. The lowest BCUT2D eigenvalue weighted by Crippen LogP contribution is -2.20. The molecule has 0 aliphatic heterocycles. The molecule has 29 heavy (non-hydrogen) atoms. The molecule has 0 bridgehead atoms. The van der Waals surface area contributed by atoms with E-state index in [-0.39, 0.29) is 18.4 Å². The second-order valence-electron chi connectivity index (χ2n) is 6.00. The lowest BCUT2D eigenvalue weighted by atomic mass is 10.2. The average Bonchev–Trinajstić information content (AvgIpc) is 2.74. The molecule has 148 valence electrons. The fraction of sp³-hybridized carbons (Fsp3) is 0.0909. The molecule has 3 aromatic carbocycles. The van der Waals surface area contributed by atoms with Gasteiger partial charge in [0.05, 0.1) is 23.4 Å². The normalized spacial score (nSPS) is 10.1. The van der Waals surface area contributed by atoms with Crippen molar-refractivity contribution in [2.45, 2.75) is 0 Å². The summed E-state index contributed by atoms with van der Waals surface area (Å²) in [6.45, 7) is -0.128. The third kappa shape index (κ3) is 5.49. The van der Waals surface area contributed by atoms with Gasteiger partial charge in [-0.2, -0.15) is 0 Å². The highest BCUT2D eigenvalue weighted by Gasteiger charge is 2.13. The van der Waals surface area contributed by atoms with Crippen LogP contribution in [0.4, 0.5) is 11.4 Å². The van der Waals surface area contributed by atoms with Crippen LogP contribution in [-0.4, -0.2) is 25.5 Å². The maximum atomic E-state index is 12.4. The van der Waals surface area contributed by atoms with Crippen LogP contribution in [0.1, 0.15) is 10.4 Å². The Morgan fingerprint density at radius 3 is 2.38 bits per heavy atom. The number of carbonyl (C=O) groups is 2. The summed E-state index contributed by atoms with van der Waals surface area (Å²) >= 11 is 6.06. The number of benzene rings is 3. The van der Waals surface area contributed by atoms with Crippen LogP contribution in [0, 0.1) is 0 Å². The largest absolute Gasteiger partial charge is 0.494 e. The molecule has 2 N–H and O–H groups in total. The van der Waals surface area contributed by atoms with E-state index in [9.17, 15) is 9.59 Å². The Labute approximate surface area is 173 Å². The van der Waals surface area contributed by atoms with Gasteiger partial charge in [-0.1, -0.05) is 41.9 Å². The molecular weight excluding hydrogens is 392 g/mol.